The summed E-state index contributed by atoms with van der Waals surface area (Å²) in [6.45, 7) is 0.374. The lowest BCUT2D eigenvalue weighted by molar-refractivity contribution is -0.133. The highest BCUT2D eigenvalue weighted by Gasteiger charge is 2.49. The Kier molecular flexibility index (Phi) is 9.81. The number of hydrogen-bond donors (Lipinski definition) is 4. The molecule has 2 saturated carbocycles. The van der Waals surface area contributed by atoms with E-state index in [1.807, 2.05) is 36.4 Å². The van der Waals surface area contributed by atoms with Crippen LogP contribution in [0, 0.1) is 23.7 Å². The van der Waals surface area contributed by atoms with Crippen LogP contribution in [0.25, 0.3) is 0 Å². The molecule has 3 aromatic rings. The predicted octanol–water partition coefficient (Wildman–Crippen LogP) is 1.90. The molecule has 0 aromatic heterocycles. The van der Waals surface area contributed by atoms with Crippen molar-refractivity contribution in [2.24, 2.45) is 23.7 Å². The van der Waals surface area contributed by atoms with E-state index in [-0.39, 0.29) is 85.5 Å². The molecule has 4 N–H and O–H groups in total. The fraction of sp³-hybridized carbons (Fsp3) is 0.400. The molecule has 270 valence electrons. The zero-order valence-corrected chi connectivity index (χ0v) is 29.3. The maximum atomic E-state index is 13.8. The Labute approximate surface area is 302 Å². The van der Waals surface area contributed by atoms with E-state index >= 15 is 0 Å². The summed E-state index contributed by atoms with van der Waals surface area (Å²) in [4.78, 5) is 82.8. The predicted molar refractivity (Wildman–Crippen MR) is 192 cm³/mol. The summed E-state index contributed by atoms with van der Waals surface area (Å²) in [7, 11) is 2.99. The molecule has 8 atom stereocenters. The van der Waals surface area contributed by atoms with Gasteiger partial charge < -0.3 is 31.1 Å². The van der Waals surface area contributed by atoms with Gasteiger partial charge in [-0.1, -0.05) is 60.7 Å². The van der Waals surface area contributed by atoms with Crippen LogP contribution in [-0.4, -0.2) is 97.6 Å². The topological polar surface area (TPSA) is 157 Å². The highest BCUT2D eigenvalue weighted by atomic mass is 16.2. The Hall–Kier alpha value is -5.52. The number of nitrogens with zero attached hydrogens (tertiary/aromatic N) is 2. The lowest BCUT2D eigenvalue weighted by Gasteiger charge is -2.18. The summed E-state index contributed by atoms with van der Waals surface area (Å²) in [5, 5.41) is 11.5. The molecule has 2 aliphatic carbocycles. The molecule has 52 heavy (non-hydrogen) atoms. The van der Waals surface area contributed by atoms with Gasteiger partial charge in [0.2, 0.25) is 23.6 Å². The number of likely N-dealkylation sites (tertiary alicyclic amines) is 2. The highest BCUT2D eigenvalue weighted by molar-refractivity contribution is 6.00. The van der Waals surface area contributed by atoms with Crippen LogP contribution in [0.3, 0.4) is 0 Å². The first kappa shape index (κ1) is 34.9. The van der Waals surface area contributed by atoms with Gasteiger partial charge in [-0.25, -0.2) is 0 Å². The Bertz CT molecular complexity index is 1750. The summed E-state index contributed by atoms with van der Waals surface area (Å²) in [5.74, 6) is -4.10. The molecule has 0 unspecified atom stereocenters. The van der Waals surface area contributed by atoms with Crippen molar-refractivity contribution < 1.29 is 28.8 Å². The largest absolute Gasteiger partial charge is 0.359 e. The first-order valence-corrected chi connectivity index (χ1v) is 18.0. The summed E-state index contributed by atoms with van der Waals surface area (Å²) in [5.41, 5.74) is 2.96. The molecule has 2 saturated heterocycles. The van der Waals surface area contributed by atoms with Crippen LogP contribution in [0.5, 0.6) is 0 Å². The number of carbonyl (C=O) groups is 6. The molecule has 12 heteroatoms. The third-order valence-corrected chi connectivity index (χ3v) is 11.1. The zero-order valence-electron chi connectivity index (χ0n) is 29.3. The summed E-state index contributed by atoms with van der Waals surface area (Å²) >= 11 is 0. The Balaban J connectivity index is 1.03. The van der Waals surface area contributed by atoms with Crippen molar-refractivity contribution in [1.82, 2.24) is 31.1 Å². The van der Waals surface area contributed by atoms with Crippen molar-refractivity contribution in [3.63, 3.8) is 0 Å². The van der Waals surface area contributed by atoms with E-state index in [0.717, 1.165) is 24.0 Å². The molecule has 0 radical (unpaired) electrons. The van der Waals surface area contributed by atoms with Crippen LogP contribution in [0.2, 0.25) is 0 Å². The summed E-state index contributed by atoms with van der Waals surface area (Å²) in [6, 6.07) is 26.2. The van der Waals surface area contributed by atoms with E-state index in [0.29, 0.717) is 11.1 Å². The van der Waals surface area contributed by atoms with E-state index in [4.69, 9.17) is 0 Å². The number of nitrogens with one attached hydrogen (secondary N) is 4. The molecule has 0 bridgehead atoms. The van der Waals surface area contributed by atoms with Crippen LogP contribution in [0.4, 0.5) is 0 Å². The van der Waals surface area contributed by atoms with Crippen LogP contribution >= 0.6 is 0 Å². The molecule has 4 aliphatic rings. The van der Waals surface area contributed by atoms with Crippen molar-refractivity contribution in [2.75, 3.05) is 40.3 Å². The molecular weight excluding hydrogens is 660 g/mol. The second kappa shape index (κ2) is 14.6. The molecule has 3 aromatic carbocycles. The maximum absolute atomic E-state index is 13.8. The molecule has 4 fully saturated rings. The van der Waals surface area contributed by atoms with Gasteiger partial charge in [0, 0.05) is 75.3 Å². The molecule has 2 aliphatic heterocycles. The summed E-state index contributed by atoms with van der Waals surface area (Å²) in [6.07, 6.45) is 1.65. The third kappa shape index (κ3) is 7.15. The van der Waals surface area contributed by atoms with Crippen LogP contribution < -0.4 is 21.3 Å². The summed E-state index contributed by atoms with van der Waals surface area (Å²) < 4.78 is 0. The van der Waals surface area contributed by atoms with Crippen molar-refractivity contribution in [3.05, 3.63) is 107 Å². The minimum atomic E-state index is -0.715. The number of carbonyl (C=O) groups excluding carboxylic acids is 6. The van der Waals surface area contributed by atoms with E-state index in [1.165, 1.54) is 19.0 Å². The highest BCUT2D eigenvalue weighted by Crippen LogP contribution is 2.42. The van der Waals surface area contributed by atoms with E-state index in [2.05, 4.69) is 45.5 Å². The third-order valence-electron chi connectivity index (χ3n) is 11.1. The second-order valence-corrected chi connectivity index (χ2v) is 14.4. The van der Waals surface area contributed by atoms with Crippen molar-refractivity contribution in [2.45, 2.75) is 36.8 Å². The molecular formula is C40H44N6O6. The number of benzene rings is 3. The van der Waals surface area contributed by atoms with Gasteiger partial charge in [-0.05, 0) is 48.2 Å². The van der Waals surface area contributed by atoms with Crippen molar-refractivity contribution in [1.29, 1.82) is 0 Å². The average Bonchev–Trinajstić information content (AvgIpc) is 4.02. The van der Waals surface area contributed by atoms with Gasteiger partial charge in [-0.15, -0.1) is 0 Å². The van der Waals surface area contributed by atoms with Gasteiger partial charge in [0.15, 0.2) is 0 Å². The van der Waals surface area contributed by atoms with Gasteiger partial charge >= 0.3 is 0 Å². The molecule has 6 amide bonds. The normalized spacial score (nSPS) is 27.3. The first-order chi connectivity index (χ1) is 25.2. The fourth-order valence-electron chi connectivity index (χ4n) is 7.92. The van der Waals surface area contributed by atoms with Crippen LogP contribution in [0.15, 0.2) is 84.9 Å². The molecule has 0 spiro atoms. The molecule has 2 heterocycles. The fourth-order valence-corrected chi connectivity index (χ4v) is 7.92. The number of hydrogen-bond acceptors (Lipinski definition) is 6. The zero-order chi connectivity index (χ0) is 36.5. The van der Waals surface area contributed by atoms with E-state index < -0.39 is 23.7 Å². The first-order valence-electron chi connectivity index (χ1n) is 18.0. The Morgan fingerprint density at radius 3 is 1.13 bits per heavy atom. The lowest BCUT2D eigenvalue weighted by atomic mass is 9.94. The monoisotopic (exact) mass is 704 g/mol. The standard InChI is InChI=1S/C40H44N6O6/c1-41-35(47)29-19-45(20-30(29)36(48)42-2)39(51)25-13-15-26(16-14-25)40(52)46-21-31(37(49)43-33-17-27(33)23-9-5-3-6-10-23)32(22-46)38(50)44-34-18-28(34)24-11-7-4-8-12-24/h3-16,27-34H,17-22H2,1-2H3,(H,41,47)(H,42,48)(H,43,49)(H,44,50)/t27-,28-,29+,30+,31-,32-,33+,34+/m1/s1. The van der Waals surface area contributed by atoms with Crippen molar-refractivity contribution in [3.8, 4) is 0 Å². The van der Waals surface area contributed by atoms with Crippen molar-refractivity contribution >= 4 is 35.4 Å². The molecule has 12 nitrogen and oxygen atoms in total. The quantitative estimate of drug-likeness (QED) is 0.253. The Morgan fingerprint density at radius 2 is 0.808 bits per heavy atom. The van der Waals surface area contributed by atoms with E-state index in [1.54, 1.807) is 29.2 Å². The van der Waals surface area contributed by atoms with Gasteiger partial charge in [0.1, 0.15) is 0 Å². The lowest BCUT2D eigenvalue weighted by Crippen LogP contribution is -2.43. The SMILES string of the molecule is CNC(=O)[C@H]1CN(C(=O)c2ccc(C(=O)N3C[C@@H](C(=O)N[C@H]4C[C@@H]4c4ccccc4)[C@H](C(=O)N[C@H]4C[C@@H]4c4ccccc4)C3)cc2)C[C@@H]1C(=O)NC. The van der Waals surface area contributed by atoms with Gasteiger partial charge in [0.05, 0.1) is 23.7 Å². The average molecular weight is 705 g/mol. The van der Waals surface area contributed by atoms with Gasteiger partial charge in [-0.3, -0.25) is 28.8 Å². The second-order valence-electron chi connectivity index (χ2n) is 14.4. The van der Waals surface area contributed by atoms with E-state index in [9.17, 15) is 28.8 Å². The van der Waals surface area contributed by atoms with Crippen LogP contribution in [-0.2, 0) is 19.2 Å². The van der Waals surface area contributed by atoms with Gasteiger partial charge in [0.25, 0.3) is 11.8 Å². The minimum absolute atomic E-state index is 0.0202. The maximum Gasteiger partial charge on any atom is 0.253 e. The number of rotatable bonds is 10. The minimum Gasteiger partial charge on any atom is -0.359 e. The number of amides is 6. The molecule has 7 rings (SSSR count). The van der Waals surface area contributed by atoms with Gasteiger partial charge in [-0.2, -0.15) is 0 Å². The smallest absolute Gasteiger partial charge is 0.253 e. The Morgan fingerprint density at radius 1 is 0.481 bits per heavy atom. The van der Waals surface area contributed by atoms with Crippen LogP contribution in [0.1, 0.15) is 56.5 Å².